The van der Waals surface area contributed by atoms with Crippen LogP contribution in [0.4, 0.5) is 17.5 Å². The van der Waals surface area contributed by atoms with Crippen LogP contribution in [0, 0.1) is 6.92 Å². The molecule has 2 rings (SSSR count). The molecule has 0 aliphatic rings. The highest BCUT2D eigenvalue weighted by molar-refractivity contribution is 5.58. The fourth-order valence-electron chi connectivity index (χ4n) is 2.28. The highest BCUT2D eigenvalue weighted by Crippen LogP contribution is 2.25. The zero-order valence-electron chi connectivity index (χ0n) is 15.6. The monoisotopic (exact) mass is 345 g/mol. The van der Waals surface area contributed by atoms with E-state index < -0.39 is 0 Å². The number of nitrogens with one attached hydrogen (secondary N) is 2. The highest BCUT2D eigenvalue weighted by atomic mass is 16.5. The van der Waals surface area contributed by atoms with E-state index in [0.717, 1.165) is 35.1 Å². The van der Waals surface area contributed by atoms with Gasteiger partial charge >= 0.3 is 0 Å². The van der Waals surface area contributed by atoms with E-state index in [1.807, 2.05) is 52.3 Å². The standard InChI is InChI=1S/C18H27N5O2/c1-13-10-17(19-2)22-18(20-13)21-15-6-7-16(24-5)14(11-15)12-25-9-8-23(3)4/h6-7,10-11H,8-9,12H2,1-5H3,(H2,19,20,21,22). The number of aryl methyl sites for hydroxylation is 1. The lowest BCUT2D eigenvalue weighted by Crippen LogP contribution is -2.18. The Labute approximate surface area is 149 Å². The second-order valence-electron chi connectivity index (χ2n) is 5.98. The smallest absolute Gasteiger partial charge is 0.229 e. The van der Waals surface area contributed by atoms with Gasteiger partial charge in [-0.05, 0) is 39.2 Å². The number of methoxy groups -OCH3 is 1. The summed E-state index contributed by atoms with van der Waals surface area (Å²) in [6.07, 6.45) is 0. The Hall–Kier alpha value is -2.38. The summed E-state index contributed by atoms with van der Waals surface area (Å²) in [5, 5.41) is 6.27. The van der Waals surface area contributed by atoms with E-state index in [9.17, 15) is 0 Å². The van der Waals surface area contributed by atoms with Crippen LogP contribution >= 0.6 is 0 Å². The maximum Gasteiger partial charge on any atom is 0.229 e. The molecule has 0 atom stereocenters. The minimum Gasteiger partial charge on any atom is -0.496 e. The molecule has 2 aromatic rings. The summed E-state index contributed by atoms with van der Waals surface area (Å²) >= 11 is 0. The molecule has 0 unspecified atom stereocenters. The lowest BCUT2D eigenvalue weighted by atomic mass is 10.2. The van der Waals surface area contributed by atoms with Gasteiger partial charge in [0.15, 0.2) is 0 Å². The molecule has 0 aliphatic heterocycles. The zero-order chi connectivity index (χ0) is 18.2. The van der Waals surface area contributed by atoms with Crippen molar-refractivity contribution >= 4 is 17.5 Å². The van der Waals surface area contributed by atoms with Crippen molar-refractivity contribution in [2.24, 2.45) is 0 Å². The molecule has 0 fully saturated rings. The van der Waals surface area contributed by atoms with Crippen LogP contribution in [0.2, 0.25) is 0 Å². The summed E-state index contributed by atoms with van der Waals surface area (Å²) in [6.45, 7) is 3.97. The number of hydrogen-bond acceptors (Lipinski definition) is 7. The van der Waals surface area contributed by atoms with Crippen LogP contribution in [0.1, 0.15) is 11.3 Å². The van der Waals surface area contributed by atoms with Crippen molar-refractivity contribution in [3.8, 4) is 5.75 Å². The highest BCUT2D eigenvalue weighted by Gasteiger charge is 2.07. The van der Waals surface area contributed by atoms with Gasteiger partial charge in [-0.3, -0.25) is 0 Å². The third-order valence-corrected chi connectivity index (χ3v) is 3.59. The van der Waals surface area contributed by atoms with Crippen LogP contribution in [0.3, 0.4) is 0 Å². The molecule has 7 heteroatoms. The molecule has 0 aliphatic carbocycles. The van der Waals surface area contributed by atoms with Crippen molar-refractivity contribution < 1.29 is 9.47 Å². The minimum absolute atomic E-state index is 0.489. The van der Waals surface area contributed by atoms with Gasteiger partial charge < -0.3 is 25.0 Å². The Kier molecular flexibility index (Phi) is 6.97. The van der Waals surface area contributed by atoms with Gasteiger partial charge in [0.1, 0.15) is 11.6 Å². The Balaban J connectivity index is 2.11. The first-order valence-electron chi connectivity index (χ1n) is 8.21. The van der Waals surface area contributed by atoms with Gasteiger partial charge in [-0.15, -0.1) is 0 Å². The van der Waals surface area contributed by atoms with E-state index >= 15 is 0 Å². The van der Waals surface area contributed by atoms with Crippen molar-refractivity contribution in [1.29, 1.82) is 0 Å². The zero-order valence-corrected chi connectivity index (χ0v) is 15.6. The number of anilines is 3. The molecule has 1 aromatic carbocycles. The SMILES string of the molecule is CNc1cc(C)nc(Nc2ccc(OC)c(COCCN(C)C)c2)n1. The van der Waals surface area contributed by atoms with E-state index in [2.05, 4.69) is 25.5 Å². The Bertz CT molecular complexity index is 691. The molecular weight excluding hydrogens is 318 g/mol. The third kappa shape index (κ3) is 5.88. The number of likely N-dealkylation sites (N-methyl/N-ethyl adjacent to an activating group) is 1. The molecule has 1 aromatic heterocycles. The van der Waals surface area contributed by atoms with Crippen LogP contribution in [0.15, 0.2) is 24.3 Å². The number of benzene rings is 1. The Morgan fingerprint density at radius 2 is 1.96 bits per heavy atom. The summed E-state index contributed by atoms with van der Waals surface area (Å²) in [6, 6.07) is 7.75. The van der Waals surface area contributed by atoms with Crippen molar-refractivity contribution in [1.82, 2.24) is 14.9 Å². The van der Waals surface area contributed by atoms with Crippen molar-refractivity contribution in [3.05, 3.63) is 35.5 Å². The summed E-state index contributed by atoms with van der Waals surface area (Å²) in [7, 11) is 7.54. The molecule has 0 amide bonds. The third-order valence-electron chi connectivity index (χ3n) is 3.59. The molecule has 0 bridgehead atoms. The quantitative estimate of drug-likeness (QED) is 0.677. The molecule has 136 valence electrons. The molecule has 1 heterocycles. The van der Waals surface area contributed by atoms with Crippen LogP contribution in [-0.4, -0.2) is 56.3 Å². The molecule has 25 heavy (non-hydrogen) atoms. The van der Waals surface area contributed by atoms with Crippen molar-refractivity contribution in [3.63, 3.8) is 0 Å². The number of aromatic nitrogens is 2. The summed E-state index contributed by atoms with van der Waals surface area (Å²) in [5.74, 6) is 2.13. The van der Waals surface area contributed by atoms with Gasteiger partial charge in [-0.25, -0.2) is 4.98 Å². The van der Waals surface area contributed by atoms with Crippen molar-refractivity contribution in [2.45, 2.75) is 13.5 Å². The van der Waals surface area contributed by atoms with E-state index in [-0.39, 0.29) is 0 Å². The second-order valence-corrected chi connectivity index (χ2v) is 5.98. The fraction of sp³-hybridized carbons (Fsp3) is 0.444. The first kappa shape index (κ1) is 19.0. The first-order valence-corrected chi connectivity index (χ1v) is 8.21. The lowest BCUT2D eigenvalue weighted by Gasteiger charge is -2.14. The molecule has 2 N–H and O–H groups in total. The van der Waals surface area contributed by atoms with E-state index in [1.165, 1.54) is 0 Å². The van der Waals surface area contributed by atoms with E-state index in [4.69, 9.17) is 9.47 Å². The number of nitrogens with zero attached hydrogens (tertiary/aromatic N) is 3. The van der Waals surface area contributed by atoms with E-state index in [0.29, 0.717) is 19.2 Å². The van der Waals surface area contributed by atoms with Crippen LogP contribution in [-0.2, 0) is 11.3 Å². The summed E-state index contributed by atoms with van der Waals surface area (Å²) in [4.78, 5) is 10.9. The molecule has 0 spiro atoms. The normalized spacial score (nSPS) is 10.8. The van der Waals surface area contributed by atoms with Crippen molar-refractivity contribution in [2.75, 3.05) is 52.0 Å². The molecule has 7 nitrogen and oxygen atoms in total. The van der Waals surface area contributed by atoms with Gasteiger partial charge in [0.2, 0.25) is 5.95 Å². The van der Waals surface area contributed by atoms with Crippen LogP contribution < -0.4 is 15.4 Å². The lowest BCUT2D eigenvalue weighted by molar-refractivity contribution is 0.104. The summed E-state index contributed by atoms with van der Waals surface area (Å²) in [5.41, 5.74) is 2.76. The first-order chi connectivity index (χ1) is 12.0. The minimum atomic E-state index is 0.489. The molecule has 0 saturated heterocycles. The Morgan fingerprint density at radius 1 is 1.16 bits per heavy atom. The number of rotatable bonds is 9. The number of ether oxygens (including phenoxy) is 2. The second kappa shape index (κ2) is 9.19. The van der Waals surface area contributed by atoms with Gasteiger partial charge in [0, 0.05) is 36.6 Å². The molecule has 0 radical (unpaired) electrons. The summed E-state index contributed by atoms with van der Waals surface area (Å²) < 4.78 is 11.2. The van der Waals surface area contributed by atoms with Gasteiger partial charge in [-0.1, -0.05) is 0 Å². The maximum atomic E-state index is 5.74. The van der Waals surface area contributed by atoms with Gasteiger partial charge in [-0.2, -0.15) is 4.98 Å². The van der Waals surface area contributed by atoms with E-state index in [1.54, 1.807) is 7.11 Å². The van der Waals surface area contributed by atoms with Gasteiger partial charge in [0.25, 0.3) is 0 Å². The van der Waals surface area contributed by atoms with Gasteiger partial charge in [0.05, 0.1) is 20.3 Å². The van der Waals surface area contributed by atoms with Crippen LogP contribution in [0.5, 0.6) is 5.75 Å². The maximum absolute atomic E-state index is 5.74. The predicted octanol–water partition coefficient (Wildman–Crippen LogP) is 2.66. The predicted molar refractivity (Wildman–Crippen MR) is 101 cm³/mol. The average Bonchev–Trinajstić information content (AvgIpc) is 2.58. The number of hydrogen-bond donors (Lipinski definition) is 2. The molecule has 0 saturated carbocycles. The molecular formula is C18H27N5O2. The topological polar surface area (TPSA) is 71.5 Å². The largest absolute Gasteiger partial charge is 0.496 e. The van der Waals surface area contributed by atoms with Crippen LogP contribution in [0.25, 0.3) is 0 Å². The fourth-order valence-corrected chi connectivity index (χ4v) is 2.28. The average molecular weight is 345 g/mol. The Morgan fingerprint density at radius 3 is 2.64 bits per heavy atom.